The first kappa shape index (κ1) is 10.8. The Morgan fingerprint density at radius 2 is 2.08 bits per heavy atom. The van der Waals surface area contributed by atoms with Crippen LogP contribution in [0.3, 0.4) is 0 Å². The predicted molar refractivity (Wildman–Crippen MR) is 59.8 cm³/mol. The van der Waals surface area contributed by atoms with Crippen LogP contribution in [-0.2, 0) is 0 Å². The molecule has 0 bridgehead atoms. The molecule has 0 heterocycles. The standard InChI is InChI=1S/C13H24/c1-4-10-13(3)11-8-6-7-9-12(13)5-2/h6-7,12H,4-5,8-11H2,1-3H3. The molecule has 2 atom stereocenters. The zero-order valence-corrected chi connectivity index (χ0v) is 9.47. The van der Waals surface area contributed by atoms with Crippen LogP contribution in [0.15, 0.2) is 12.2 Å². The molecule has 0 radical (unpaired) electrons. The van der Waals surface area contributed by atoms with Crippen LogP contribution in [0.4, 0.5) is 0 Å². The summed E-state index contributed by atoms with van der Waals surface area (Å²) in [5.74, 6) is 0.922. The van der Waals surface area contributed by atoms with Gasteiger partial charge >= 0.3 is 0 Å². The van der Waals surface area contributed by atoms with Gasteiger partial charge < -0.3 is 0 Å². The Labute approximate surface area is 83.4 Å². The van der Waals surface area contributed by atoms with Gasteiger partial charge in [0.05, 0.1) is 0 Å². The lowest BCUT2D eigenvalue weighted by Crippen LogP contribution is -2.25. The molecule has 0 aromatic heterocycles. The minimum atomic E-state index is 0.618. The summed E-state index contributed by atoms with van der Waals surface area (Å²) in [5, 5.41) is 0. The molecular formula is C13H24. The van der Waals surface area contributed by atoms with Gasteiger partial charge in [-0.1, -0.05) is 45.8 Å². The second-order valence-electron chi connectivity index (χ2n) is 4.75. The van der Waals surface area contributed by atoms with Crippen molar-refractivity contribution in [3.8, 4) is 0 Å². The topological polar surface area (TPSA) is 0 Å². The van der Waals surface area contributed by atoms with E-state index < -0.39 is 0 Å². The highest BCUT2D eigenvalue weighted by Gasteiger charge is 2.31. The van der Waals surface area contributed by atoms with Gasteiger partial charge in [-0.3, -0.25) is 0 Å². The van der Waals surface area contributed by atoms with E-state index in [1.807, 2.05) is 0 Å². The van der Waals surface area contributed by atoms with E-state index in [4.69, 9.17) is 0 Å². The number of allylic oxidation sites excluding steroid dienone is 2. The summed E-state index contributed by atoms with van der Waals surface area (Å²) < 4.78 is 0. The van der Waals surface area contributed by atoms with E-state index in [1.54, 1.807) is 0 Å². The molecule has 1 aliphatic carbocycles. The van der Waals surface area contributed by atoms with E-state index in [2.05, 4.69) is 32.9 Å². The molecule has 0 aliphatic heterocycles. The van der Waals surface area contributed by atoms with Crippen molar-refractivity contribution in [2.45, 2.75) is 59.3 Å². The van der Waals surface area contributed by atoms with Crippen LogP contribution in [0, 0.1) is 11.3 Å². The Hall–Kier alpha value is -0.260. The number of hydrogen-bond donors (Lipinski definition) is 0. The fraction of sp³-hybridized carbons (Fsp3) is 0.846. The lowest BCUT2D eigenvalue weighted by atomic mass is 9.69. The van der Waals surface area contributed by atoms with Crippen LogP contribution in [0.5, 0.6) is 0 Å². The molecule has 0 saturated carbocycles. The van der Waals surface area contributed by atoms with Crippen molar-refractivity contribution >= 4 is 0 Å². The first-order valence-electron chi connectivity index (χ1n) is 5.88. The van der Waals surface area contributed by atoms with Crippen LogP contribution < -0.4 is 0 Å². The summed E-state index contributed by atoms with van der Waals surface area (Å²) in [7, 11) is 0. The van der Waals surface area contributed by atoms with Crippen molar-refractivity contribution in [2.24, 2.45) is 11.3 Å². The van der Waals surface area contributed by atoms with Gasteiger partial charge in [-0.15, -0.1) is 0 Å². The van der Waals surface area contributed by atoms with Crippen LogP contribution in [0.2, 0.25) is 0 Å². The van der Waals surface area contributed by atoms with E-state index in [1.165, 1.54) is 38.5 Å². The van der Waals surface area contributed by atoms with Gasteiger partial charge in [0.2, 0.25) is 0 Å². The molecule has 0 saturated heterocycles. The highest BCUT2D eigenvalue weighted by Crippen LogP contribution is 2.42. The van der Waals surface area contributed by atoms with Gasteiger partial charge in [0.15, 0.2) is 0 Å². The Balaban J connectivity index is 2.66. The van der Waals surface area contributed by atoms with E-state index in [0.29, 0.717) is 5.41 Å². The van der Waals surface area contributed by atoms with Crippen LogP contribution in [0.25, 0.3) is 0 Å². The second-order valence-corrected chi connectivity index (χ2v) is 4.75. The summed E-state index contributed by atoms with van der Waals surface area (Å²) in [6.07, 6.45) is 12.9. The minimum absolute atomic E-state index is 0.618. The van der Waals surface area contributed by atoms with Gasteiger partial charge in [-0.25, -0.2) is 0 Å². The fourth-order valence-electron chi connectivity index (χ4n) is 2.84. The number of rotatable bonds is 3. The monoisotopic (exact) mass is 180 g/mol. The summed E-state index contributed by atoms with van der Waals surface area (Å²) in [4.78, 5) is 0. The minimum Gasteiger partial charge on any atom is -0.0885 e. The normalized spacial score (nSPS) is 34.5. The highest BCUT2D eigenvalue weighted by molar-refractivity contribution is 4.95. The summed E-state index contributed by atoms with van der Waals surface area (Å²) in [6, 6.07) is 0. The Morgan fingerprint density at radius 3 is 2.69 bits per heavy atom. The average molecular weight is 180 g/mol. The van der Waals surface area contributed by atoms with Gasteiger partial charge in [-0.2, -0.15) is 0 Å². The van der Waals surface area contributed by atoms with Crippen LogP contribution in [-0.4, -0.2) is 0 Å². The smallest absolute Gasteiger partial charge is 0.0292 e. The molecule has 0 spiro atoms. The molecule has 0 nitrogen and oxygen atoms in total. The highest BCUT2D eigenvalue weighted by atomic mass is 14.4. The van der Waals surface area contributed by atoms with E-state index >= 15 is 0 Å². The Bertz CT molecular complexity index is 169. The van der Waals surface area contributed by atoms with Crippen LogP contribution >= 0.6 is 0 Å². The van der Waals surface area contributed by atoms with Crippen molar-refractivity contribution in [3.05, 3.63) is 12.2 Å². The van der Waals surface area contributed by atoms with E-state index in [-0.39, 0.29) is 0 Å². The maximum Gasteiger partial charge on any atom is -0.0292 e. The third-order valence-electron chi connectivity index (χ3n) is 3.77. The summed E-state index contributed by atoms with van der Waals surface area (Å²) in [6.45, 7) is 7.16. The third-order valence-corrected chi connectivity index (χ3v) is 3.77. The second kappa shape index (κ2) is 4.83. The number of hydrogen-bond acceptors (Lipinski definition) is 0. The van der Waals surface area contributed by atoms with Gasteiger partial charge in [0, 0.05) is 0 Å². The molecular weight excluding hydrogens is 156 g/mol. The molecule has 1 rings (SSSR count). The average Bonchev–Trinajstić information content (AvgIpc) is 2.27. The zero-order valence-electron chi connectivity index (χ0n) is 9.47. The molecule has 2 unspecified atom stereocenters. The lowest BCUT2D eigenvalue weighted by molar-refractivity contribution is 0.153. The van der Waals surface area contributed by atoms with Gasteiger partial charge in [-0.05, 0) is 37.0 Å². The Morgan fingerprint density at radius 1 is 1.31 bits per heavy atom. The quantitative estimate of drug-likeness (QED) is 0.558. The van der Waals surface area contributed by atoms with Gasteiger partial charge in [0.25, 0.3) is 0 Å². The maximum absolute atomic E-state index is 2.50. The molecule has 0 N–H and O–H groups in total. The molecule has 13 heavy (non-hydrogen) atoms. The molecule has 0 heteroatoms. The predicted octanol–water partition coefficient (Wildman–Crippen LogP) is 4.56. The van der Waals surface area contributed by atoms with E-state index in [9.17, 15) is 0 Å². The van der Waals surface area contributed by atoms with Gasteiger partial charge in [0.1, 0.15) is 0 Å². The van der Waals surface area contributed by atoms with Crippen LogP contribution in [0.1, 0.15) is 59.3 Å². The zero-order chi connectivity index (χ0) is 9.73. The first-order valence-corrected chi connectivity index (χ1v) is 5.88. The molecule has 0 amide bonds. The van der Waals surface area contributed by atoms with Crippen molar-refractivity contribution in [3.63, 3.8) is 0 Å². The molecule has 0 aromatic carbocycles. The maximum atomic E-state index is 2.50. The van der Waals surface area contributed by atoms with Crippen molar-refractivity contribution in [2.75, 3.05) is 0 Å². The largest absolute Gasteiger partial charge is 0.0885 e. The molecule has 0 aromatic rings. The lowest BCUT2D eigenvalue weighted by Gasteiger charge is -2.36. The SMILES string of the molecule is CCCC1(C)CCC=CCC1CC. The third kappa shape index (κ3) is 2.59. The molecule has 1 aliphatic rings. The Kier molecular flexibility index (Phi) is 4.02. The molecule has 76 valence electrons. The fourth-order valence-corrected chi connectivity index (χ4v) is 2.84. The first-order chi connectivity index (χ1) is 6.23. The summed E-state index contributed by atoms with van der Waals surface area (Å²) in [5.41, 5.74) is 0.618. The van der Waals surface area contributed by atoms with E-state index in [0.717, 1.165) is 5.92 Å². The van der Waals surface area contributed by atoms with Crippen molar-refractivity contribution in [1.29, 1.82) is 0 Å². The van der Waals surface area contributed by atoms with Crippen molar-refractivity contribution in [1.82, 2.24) is 0 Å². The molecule has 0 fully saturated rings. The van der Waals surface area contributed by atoms with Crippen molar-refractivity contribution < 1.29 is 0 Å². The summed E-state index contributed by atoms with van der Waals surface area (Å²) >= 11 is 0.